The van der Waals surface area contributed by atoms with E-state index in [1.54, 1.807) is 31.2 Å². The van der Waals surface area contributed by atoms with Gasteiger partial charge in [0.15, 0.2) is 0 Å². The van der Waals surface area contributed by atoms with Crippen molar-refractivity contribution in [1.82, 2.24) is 10.2 Å². The molecule has 0 heterocycles. The summed E-state index contributed by atoms with van der Waals surface area (Å²) in [4.78, 5) is 13.7. The van der Waals surface area contributed by atoms with Crippen molar-refractivity contribution in [2.45, 2.75) is 12.5 Å². The number of aliphatic hydroxyl groups is 1. The smallest absolute Gasteiger partial charge is 0.251 e. The average molecular weight is 251 g/mol. The third-order valence-corrected chi connectivity index (χ3v) is 2.46. The predicted molar refractivity (Wildman–Crippen MR) is 72.4 cm³/mol. The summed E-state index contributed by atoms with van der Waals surface area (Å²) in [6.07, 6.45) is 0. The first-order chi connectivity index (χ1) is 8.30. The number of benzene rings is 1. The van der Waals surface area contributed by atoms with Gasteiger partial charge in [-0.2, -0.15) is 0 Å². The summed E-state index contributed by atoms with van der Waals surface area (Å²) in [6, 6.07) is 6.66. The highest BCUT2D eigenvalue weighted by molar-refractivity contribution is 5.94. The van der Waals surface area contributed by atoms with Gasteiger partial charge in [0.1, 0.15) is 0 Å². The standard InChI is InChI=1S/C13H21N3O2/c1-13(18,9-16(2)3)8-15-12(17)10-4-6-11(14)7-5-10/h4-7,18H,8-9,14H2,1-3H3,(H,15,17). The SMILES string of the molecule is CN(C)CC(C)(O)CNC(=O)c1ccc(N)cc1. The minimum Gasteiger partial charge on any atom is -0.399 e. The Hall–Kier alpha value is -1.59. The van der Waals surface area contributed by atoms with Gasteiger partial charge in [-0.05, 0) is 45.3 Å². The summed E-state index contributed by atoms with van der Waals surface area (Å²) in [5.41, 5.74) is 5.75. The molecule has 0 saturated heterocycles. The largest absolute Gasteiger partial charge is 0.399 e. The molecule has 5 heteroatoms. The monoisotopic (exact) mass is 251 g/mol. The Morgan fingerprint density at radius 1 is 1.39 bits per heavy atom. The number of nitrogens with two attached hydrogens (primary N) is 1. The summed E-state index contributed by atoms with van der Waals surface area (Å²) in [6.45, 7) is 2.37. The molecule has 1 atom stereocenters. The van der Waals surface area contributed by atoms with Gasteiger partial charge in [-0.3, -0.25) is 4.79 Å². The lowest BCUT2D eigenvalue weighted by Gasteiger charge is -2.27. The number of likely N-dealkylation sites (N-methyl/N-ethyl adjacent to an activating group) is 1. The number of amides is 1. The first kappa shape index (κ1) is 14.5. The van der Waals surface area contributed by atoms with Crippen molar-refractivity contribution in [1.29, 1.82) is 0 Å². The van der Waals surface area contributed by atoms with Crippen molar-refractivity contribution in [3.63, 3.8) is 0 Å². The molecule has 1 aromatic rings. The molecule has 0 aromatic heterocycles. The Balaban J connectivity index is 2.53. The van der Waals surface area contributed by atoms with Gasteiger partial charge in [0.25, 0.3) is 5.91 Å². The van der Waals surface area contributed by atoms with E-state index < -0.39 is 5.60 Å². The number of nitrogens with one attached hydrogen (secondary N) is 1. The number of hydrogen-bond donors (Lipinski definition) is 3. The zero-order valence-electron chi connectivity index (χ0n) is 11.1. The van der Waals surface area contributed by atoms with Crippen LogP contribution in [-0.2, 0) is 0 Å². The molecular weight excluding hydrogens is 230 g/mol. The molecular formula is C13H21N3O2. The molecule has 4 N–H and O–H groups in total. The van der Waals surface area contributed by atoms with Gasteiger partial charge in [0.2, 0.25) is 0 Å². The number of carbonyl (C=O) groups is 1. The zero-order chi connectivity index (χ0) is 13.8. The van der Waals surface area contributed by atoms with Crippen LogP contribution in [0.15, 0.2) is 24.3 Å². The molecule has 18 heavy (non-hydrogen) atoms. The Morgan fingerprint density at radius 2 is 1.94 bits per heavy atom. The molecule has 5 nitrogen and oxygen atoms in total. The van der Waals surface area contributed by atoms with Crippen molar-refractivity contribution < 1.29 is 9.90 Å². The Labute approximate surface area is 108 Å². The van der Waals surface area contributed by atoms with Gasteiger partial charge in [-0.25, -0.2) is 0 Å². The van der Waals surface area contributed by atoms with Crippen LogP contribution in [0.4, 0.5) is 5.69 Å². The van der Waals surface area contributed by atoms with Crippen molar-refractivity contribution in [2.75, 3.05) is 32.9 Å². The van der Waals surface area contributed by atoms with Crippen LogP contribution in [-0.4, -0.2) is 48.7 Å². The molecule has 1 unspecified atom stereocenters. The Morgan fingerprint density at radius 3 is 2.44 bits per heavy atom. The van der Waals surface area contributed by atoms with Crippen LogP contribution in [0.3, 0.4) is 0 Å². The van der Waals surface area contributed by atoms with Gasteiger partial charge < -0.3 is 21.1 Å². The van der Waals surface area contributed by atoms with Gasteiger partial charge >= 0.3 is 0 Å². The van der Waals surface area contributed by atoms with E-state index in [4.69, 9.17) is 5.73 Å². The first-order valence-electron chi connectivity index (χ1n) is 5.81. The molecule has 0 fully saturated rings. The second kappa shape index (κ2) is 5.84. The van der Waals surface area contributed by atoms with Crippen molar-refractivity contribution >= 4 is 11.6 Å². The maximum absolute atomic E-state index is 11.8. The zero-order valence-corrected chi connectivity index (χ0v) is 11.1. The van der Waals surface area contributed by atoms with Crippen molar-refractivity contribution in [3.8, 4) is 0 Å². The van der Waals surface area contributed by atoms with E-state index in [-0.39, 0.29) is 12.5 Å². The van der Waals surface area contributed by atoms with E-state index in [2.05, 4.69) is 5.32 Å². The third-order valence-electron chi connectivity index (χ3n) is 2.46. The van der Waals surface area contributed by atoms with Crippen LogP contribution < -0.4 is 11.1 Å². The Bertz CT molecular complexity index is 399. The molecule has 0 aliphatic rings. The minimum absolute atomic E-state index is 0.203. The molecule has 0 radical (unpaired) electrons. The quantitative estimate of drug-likeness (QED) is 0.658. The molecule has 0 aliphatic heterocycles. The van der Waals surface area contributed by atoms with E-state index in [0.717, 1.165) is 0 Å². The van der Waals surface area contributed by atoms with E-state index in [1.165, 1.54) is 0 Å². The molecule has 0 aliphatic carbocycles. The molecule has 1 aromatic carbocycles. The minimum atomic E-state index is -0.951. The van der Waals surface area contributed by atoms with Crippen LogP contribution in [0.1, 0.15) is 17.3 Å². The fraction of sp³-hybridized carbons (Fsp3) is 0.462. The van der Waals surface area contributed by atoms with Crippen LogP contribution in [0.5, 0.6) is 0 Å². The number of anilines is 1. The van der Waals surface area contributed by atoms with Crippen molar-refractivity contribution in [3.05, 3.63) is 29.8 Å². The van der Waals surface area contributed by atoms with Crippen LogP contribution in [0, 0.1) is 0 Å². The summed E-state index contributed by atoms with van der Waals surface area (Å²) in [5, 5.41) is 12.8. The Kier molecular flexibility index (Phi) is 4.69. The average Bonchev–Trinajstić information content (AvgIpc) is 2.25. The highest BCUT2D eigenvalue weighted by Crippen LogP contribution is 2.07. The molecule has 0 saturated carbocycles. The van der Waals surface area contributed by atoms with Gasteiger partial charge in [0, 0.05) is 24.3 Å². The second-order valence-electron chi connectivity index (χ2n) is 5.04. The van der Waals surface area contributed by atoms with Gasteiger partial charge in [0.05, 0.1) is 5.60 Å². The topological polar surface area (TPSA) is 78.6 Å². The number of carbonyl (C=O) groups excluding carboxylic acids is 1. The lowest BCUT2D eigenvalue weighted by atomic mass is 10.1. The second-order valence-corrected chi connectivity index (χ2v) is 5.04. The maximum Gasteiger partial charge on any atom is 0.251 e. The summed E-state index contributed by atoms with van der Waals surface area (Å²) in [5.74, 6) is -0.214. The maximum atomic E-state index is 11.8. The fourth-order valence-electron chi connectivity index (χ4n) is 1.74. The normalized spacial score (nSPS) is 14.3. The molecule has 0 bridgehead atoms. The number of nitrogens with zero attached hydrogens (tertiary/aromatic N) is 1. The van der Waals surface area contributed by atoms with Gasteiger partial charge in [-0.15, -0.1) is 0 Å². The van der Waals surface area contributed by atoms with E-state index in [0.29, 0.717) is 17.8 Å². The number of hydrogen-bond acceptors (Lipinski definition) is 4. The third kappa shape index (κ3) is 4.73. The van der Waals surface area contributed by atoms with Crippen LogP contribution in [0.25, 0.3) is 0 Å². The van der Waals surface area contributed by atoms with Crippen LogP contribution in [0.2, 0.25) is 0 Å². The lowest BCUT2D eigenvalue weighted by Crippen LogP contribution is -2.47. The van der Waals surface area contributed by atoms with Gasteiger partial charge in [-0.1, -0.05) is 0 Å². The molecule has 1 rings (SSSR count). The van der Waals surface area contributed by atoms with E-state index >= 15 is 0 Å². The molecule has 1 amide bonds. The highest BCUT2D eigenvalue weighted by Gasteiger charge is 2.22. The molecule has 0 spiro atoms. The highest BCUT2D eigenvalue weighted by atomic mass is 16.3. The first-order valence-corrected chi connectivity index (χ1v) is 5.81. The summed E-state index contributed by atoms with van der Waals surface area (Å²) < 4.78 is 0. The van der Waals surface area contributed by atoms with Crippen LogP contribution >= 0.6 is 0 Å². The summed E-state index contributed by atoms with van der Waals surface area (Å²) >= 11 is 0. The summed E-state index contributed by atoms with van der Waals surface area (Å²) in [7, 11) is 3.74. The lowest BCUT2D eigenvalue weighted by molar-refractivity contribution is 0.0326. The molecule has 100 valence electrons. The fourth-order valence-corrected chi connectivity index (χ4v) is 1.74. The number of rotatable bonds is 5. The van der Waals surface area contributed by atoms with E-state index in [9.17, 15) is 9.90 Å². The number of nitrogen functional groups attached to an aromatic ring is 1. The predicted octanol–water partition coefficient (Wildman–Crippen LogP) is 0.311. The van der Waals surface area contributed by atoms with Crippen molar-refractivity contribution in [2.24, 2.45) is 0 Å². The van der Waals surface area contributed by atoms with E-state index in [1.807, 2.05) is 19.0 Å².